The van der Waals surface area contributed by atoms with Gasteiger partial charge in [0, 0.05) is 19.0 Å². The molecule has 0 saturated heterocycles. The topological polar surface area (TPSA) is 39.4 Å². The molecular formula is C11H13F4N3OS. The Morgan fingerprint density at radius 2 is 2.00 bits per heavy atom. The zero-order valence-electron chi connectivity index (χ0n) is 11.0. The van der Waals surface area contributed by atoms with Crippen LogP contribution in [0.3, 0.4) is 0 Å². The Balaban J connectivity index is 2.36. The standard InChI is InChI=1S/C11H13F4N3OS/c1-10(2)8(20)6(17-19-10)4-5-7(11(13,14)15)16-18(3)9(5)12/h8,20H,4H2,1-3H3. The Kier molecular flexibility index (Phi) is 3.52. The third-order valence-electron chi connectivity index (χ3n) is 3.07. The SMILES string of the molecule is Cn1nc(C(F)(F)F)c(CC2=NOC(C)(C)C2S)c1F. The van der Waals surface area contributed by atoms with Gasteiger partial charge in [0.05, 0.1) is 11.0 Å². The molecule has 0 bridgehead atoms. The Morgan fingerprint density at radius 1 is 1.40 bits per heavy atom. The minimum atomic E-state index is -4.72. The summed E-state index contributed by atoms with van der Waals surface area (Å²) in [5.74, 6) is -1.04. The minimum Gasteiger partial charge on any atom is -0.388 e. The van der Waals surface area contributed by atoms with Crippen LogP contribution in [0.25, 0.3) is 0 Å². The van der Waals surface area contributed by atoms with Crippen molar-refractivity contribution in [2.45, 2.75) is 37.3 Å². The molecule has 1 aliphatic heterocycles. The number of rotatable bonds is 2. The van der Waals surface area contributed by atoms with Crippen molar-refractivity contribution in [3.05, 3.63) is 17.2 Å². The maximum atomic E-state index is 13.8. The van der Waals surface area contributed by atoms with Crippen molar-refractivity contribution in [2.24, 2.45) is 12.2 Å². The molecule has 2 heterocycles. The highest BCUT2D eigenvalue weighted by molar-refractivity contribution is 7.82. The van der Waals surface area contributed by atoms with Crippen LogP contribution in [-0.4, -0.2) is 26.3 Å². The Morgan fingerprint density at radius 3 is 2.45 bits per heavy atom. The van der Waals surface area contributed by atoms with E-state index in [1.807, 2.05) is 0 Å². The summed E-state index contributed by atoms with van der Waals surface area (Å²) < 4.78 is 52.9. The van der Waals surface area contributed by atoms with Crippen LogP contribution in [0.15, 0.2) is 5.16 Å². The molecule has 0 N–H and O–H groups in total. The van der Waals surface area contributed by atoms with Gasteiger partial charge in [-0.1, -0.05) is 5.16 Å². The Bertz CT molecular complexity index is 565. The average Bonchev–Trinajstić information content (AvgIpc) is 2.73. The number of aryl methyl sites for hydroxylation is 1. The predicted molar refractivity (Wildman–Crippen MR) is 67.2 cm³/mol. The van der Waals surface area contributed by atoms with Crippen molar-refractivity contribution < 1.29 is 22.4 Å². The van der Waals surface area contributed by atoms with Gasteiger partial charge in [0.1, 0.15) is 5.60 Å². The van der Waals surface area contributed by atoms with E-state index < -0.39 is 34.2 Å². The highest BCUT2D eigenvalue weighted by Crippen LogP contribution is 2.35. The molecule has 9 heteroatoms. The van der Waals surface area contributed by atoms with Gasteiger partial charge in [-0.15, -0.1) is 0 Å². The Hall–Kier alpha value is -1.25. The van der Waals surface area contributed by atoms with Crippen LogP contribution in [0, 0.1) is 5.95 Å². The van der Waals surface area contributed by atoms with Gasteiger partial charge in [-0.3, -0.25) is 0 Å². The molecule has 20 heavy (non-hydrogen) atoms. The molecule has 1 atom stereocenters. The molecule has 0 spiro atoms. The van der Waals surface area contributed by atoms with E-state index in [-0.39, 0.29) is 12.1 Å². The fraction of sp³-hybridized carbons (Fsp3) is 0.636. The third kappa shape index (κ3) is 2.50. The molecule has 1 aliphatic rings. The number of oxime groups is 1. The van der Waals surface area contributed by atoms with Crippen LogP contribution < -0.4 is 0 Å². The van der Waals surface area contributed by atoms with Crippen molar-refractivity contribution in [1.29, 1.82) is 0 Å². The first-order valence-electron chi connectivity index (χ1n) is 5.75. The van der Waals surface area contributed by atoms with E-state index >= 15 is 0 Å². The first-order valence-corrected chi connectivity index (χ1v) is 6.27. The van der Waals surface area contributed by atoms with E-state index in [0.29, 0.717) is 4.68 Å². The molecule has 0 fully saturated rings. The second-order valence-electron chi connectivity index (χ2n) is 5.10. The van der Waals surface area contributed by atoms with Crippen molar-refractivity contribution in [3.63, 3.8) is 0 Å². The first kappa shape index (κ1) is 15.1. The highest BCUT2D eigenvalue weighted by Gasteiger charge is 2.43. The van der Waals surface area contributed by atoms with E-state index in [0.717, 1.165) is 7.05 Å². The fourth-order valence-corrected chi connectivity index (χ4v) is 2.10. The molecule has 4 nitrogen and oxygen atoms in total. The summed E-state index contributed by atoms with van der Waals surface area (Å²) in [7, 11) is 1.11. The molecule has 0 saturated carbocycles. The average molecular weight is 311 g/mol. The van der Waals surface area contributed by atoms with Crippen LogP contribution >= 0.6 is 12.6 Å². The lowest BCUT2D eigenvalue weighted by atomic mass is 9.97. The number of thiol groups is 1. The van der Waals surface area contributed by atoms with Crippen LogP contribution in [0.2, 0.25) is 0 Å². The molecule has 1 unspecified atom stereocenters. The third-order valence-corrected chi connectivity index (χ3v) is 3.99. The van der Waals surface area contributed by atoms with E-state index in [1.54, 1.807) is 13.8 Å². The van der Waals surface area contributed by atoms with Gasteiger partial charge in [-0.05, 0) is 13.8 Å². The zero-order valence-corrected chi connectivity index (χ0v) is 11.9. The lowest BCUT2D eigenvalue weighted by Gasteiger charge is -2.20. The van der Waals surface area contributed by atoms with Gasteiger partial charge in [0.25, 0.3) is 0 Å². The summed E-state index contributed by atoms with van der Waals surface area (Å²) in [4.78, 5) is 5.09. The lowest BCUT2D eigenvalue weighted by molar-refractivity contribution is -0.142. The van der Waals surface area contributed by atoms with Crippen molar-refractivity contribution >= 4 is 18.3 Å². The fourth-order valence-electron chi connectivity index (χ4n) is 1.92. The molecule has 0 radical (unpaired) electrons. The zero-order chi connectivity index (χ0) is 15.3. The quantitative estimate of drug-likeness (QED) is 0.673. The van der Waals surface area contributed by atoms with Gasteiger partial charge >= 0.3 is 6.18 Å². The van der Waals surface area contributed by atoms with Crippen molar-refractivity contribution in [1.82, 2.24) is 9.78 Å². The maximum absolute atomic E-state index is 13.8. The Labute approximate surface area is 118 Å². The molecule has 0 amide bonds. The van der Waals surface area contributed by atoms with E-state index in [1.165, 1.54) is 0 Å². The number of halogens is 4. The van der Waals surface area contributed by atoms with Crippen LogP contribution in [0.4, 0.5) is 17.6 Å². The van der Waals surface area contributed by atoms with Crippen LogP contribution in [0.1, 0.15) is 25.1 Å². The first-order chi connectivity index (χ1) is 9.04. The van der Waals surface area contributed by atoms with Crippen molar-refractivity contribution in [3.8, 4) is 0 Å². The summed E-state index contributed by atoms with van der Waals surface area (Å²) in [6.07, 6.45) is -5.06. The summed E-state index contributed by atoms with van der Waals surface area (Å²) >= 11 is 4.26. The smallest absolute Gasteiger partial charge is 0.388 e. The van der Waals surface area contributed by atoms with Crippen molar-refractivity contribution in [2.75, 3.05) is 0 Å². The normalized spacial score (nSPS) is 21.8. The van der Waals surface area contributed by atoms with E-state index in [4.69, 9.17) is 4.84 Å². The second-order valence-corrected chi connectivity index (χ2v) is 5.61. The summed E-state index contributed by atoms with van der Waals surface area (Å²) in [6.45, 7) is 3.40. The van der Waals surface area contributed by atoms with Gasteiger partial charge in [0.2, 0.25) is 5.95 Å². The van der Waals surface area contributed by atoms with E-state index in [2.05, 4.69) is 22.9 Å². The highest BCUT2D eigenvalue weighted by atomic mass is 32.1. The summed E-state index contributed by atoms with van der Waals surface area (Å²) in [5.41, 5.74) is -2.28. The van der Waals surface area contributed by atoms with Gasteiger partial charge < -0.3 is 4.84 Å². The second kappa shape index (κ2) is 4.64. The number of aromatic nitrogens is 2. The molecular weight excluding hydrogens is 298 g/mol. The molecule has 112 valence electrons. The van der Waals surface area contributed by atoms with Gasteiger partial charge in [0.15, 0.2) is 5.69 Å². The predicted octanol–water partition coefficient (Wildman–Crippen LogP) is 2.58. The number of hydrogen-bond acceptors (Lipinski definition) is 4. The van der Waals surface area contributed by atoms with Gasteiger partial charge in [-0.25, -0.2) is 4.68 Å². The monoisotopic (exact) mass is 311 g/mol. The lowest BCUT2D eigenvalue weighted by Crippen LogP contribution is -2.34. The molecule has 0 aromatic carbocycles. The molecule has 1 aromatic rings. The maximum Gasteiger partial charge on any atom is 0.435 e. The van der Waals surface area contributed by atoms with Gasteiger partial charge in [-0.2, -0.15) is 35.3 Å². The summed E-state index contributed by atoms with van der Waals surface area (Å²) in [5, 5.41) is 6.38. The number of alkyl halides is 3. The molecule has 1 aromatic heterocycles. The molecule has 0 aliphatic carbocycles. The molecule has 2 rings (SSSR count). The number of hydrogen-bond donors (Lipinski definition) is 1. The minimum absolute atomic E-state index is 0.246. The summed E-state index contributed by atoms with van der Waals surface area (Å²) in [6, 6.07) is 0. The number of nitrogens with zero attached hydrogens (tertiary/aromatic N) is 3. The van der Waals surface area contributed by atoms with Crippen LogP contribution in [-0.2, 0) is 24.5 Å². The van der Waals surface area contributed by atoms with E-state index in [9.17, 15) is 17.6 Å². The van der Waals surface area contributed by atoms with Crippen LogP contribution in [0.5, 0.6) is 0 Å². The largest absolute Gasteiger partial charge is 0.435 e.